The van der Waals surface area contributed by atoms with Crippen LogP contribution in [0.25, 0.3) is 10.8 Å². The Balaban J connectivity index is 0.000000453. The molecule has 0 aliphatic rings. The smallest absolute Gasteiger partial charge is 0.449 e. The molecule has 0 aliphatic carbocycles. The molecule has 29 heteroatoms. The maximum Gasteiger partial charge on any atom is 0.449 e. The number of nitrogens with one attached hydrogen (secondary N) is 1. The molecule has 0 saturated heterocycles. The van der Waals surface area contributed by atoms with Crippen molar-refractivity contribution in [2.45, 2.75) is 69.8 Å². The van der Waals surface area contributed by atoms with Crippen LogP contribution in [0.1, 0.15) is 66.3 Å². The highest BCUT2D eigenvalue weighted by Gasteiger charge is 2.34. The van der Waals surface area contributed by atoms with Crippen LogP contribution in [-0.2, 0) is 48.8 Å². The van der Waals surface area contributed by atoms with E-state index < -0.39 is 62.5 Å². The lowest BCUT2D eigenvalue weighted by atomic mass is 10.0. The highest BCUT2D eigenvalue weighted by molar-refractivity contribution is 9.16. The summed E-state index contributed by atoms with van der Waals surface area (Å²) in [6.45, 7) is 9.24. The van der Waals surface area contributed by atoms with Gasteiger partial charge in [0.2, 0.25) is 5.76 Å². The third-order valence-electron chi connectivity index (χ3n) is 8.30. The minimum absolute atomic E-state index is 0.0497. The number of aliphatic hydroxyl groups excluding tert-OH is 1. The summed E-state index contributed by atoms with van der Waals surface area (Å²) in [5.74, 6) is -2.64. The lowest BCUT2D eigenvalue weighted by Crippen LogP contribution is -2.32. The van der Waals surface area contributed by atoms with E-state index in [9.17, 15) is 40.4 Å². The number of aliphatic hydroxyl groups is 1. The van der Waals surface area contributed by atoms with Crippen molar-refractivity contribution < 1.29 is 64.1 Å². The first-order valence-corrected chi connectivity index (χ1v) is 41.6. The van der Waals surface area contributed by atoms with Crippen molar-refractivity contribution in [2.24, 2.45) is 0 Å². The van der Waals surface area contributed by atoms with E-state index in [0.717, 1.165) is 62.2 Å². The van der Waals surface area contributed by atoms with Gasteiger partial charge in [0.15, 0.2) is 21.9 Å². The van der Waals surface area contributed by atoms with E-state index in [1.165, 1.54) is 6.07 Å². The number of methoxy groups -OCH3 is 1. The van der Waals surface area contributed by atoms with Crippen molar-refractivity contribution in [2.75, 3.05) is 19.5 Å². The number of esters is 1. The number of fused-ring (bicyclic) bond motifs is 1. The van der Waals surface area contributed by atoms with E-state index >= 15 is 0 Å². The van der Waals surface area contributed by atoms with Crippen molar-refractivity contribution >= 4 is 168 Å². The number of carbonyl (C=O) groups excluding carboxylic acids is 3. The fraction of sp³-hybridized carbons (Fsp3) is 0.310. The fourth-order valence-electron chi connectivity index (χ4n) is 5.31. The third kappa shape index (κ3) is 25.8. The van der Waals surface area contributed by atoms with Gasteiger partial charge in [0, 0.05) is 32.2 Å². The van der Waals surface area contributed by atoms with Crippen molar-refractivity contribution in [3.8, 4) is 5.75 Å². The number of furan rings is 1. The molecule has 2 N–H and O–H groups in total. The molecule has 0 spiro atoms. The first-order chi connectivity index (χ1) is 33.0. The van der Waals surface area contributed by atoms with Gasteiger partial charge in [0.05, 0.1) is 30.5 Å². The second-order valence-corrected chi connectivity index (χ2v) is 55.8. The molecule has 0 aliphatic heterocycles. The molecule has 0 bridgehead atoms. The molecule has 1 aromatic heterocycles. The van der Waals surface area contributed by atoms with Gasteiger partial charge in [-0.1, -0.05) is 90.3 Å². The Morgan fingerprint density at radius 1 is 0.887 bits per heavy atom. The van der Waals surface area contributed by atoms with Crippen LogP contribution >= 0.6 is 129 Å². The molecule has 11 nitrogen and oxygen atoms in total. The second-order valence-electron chi connectivity index (χ2n) is 14.8. The van der Waals surface area contributed by atoms with Gasteiger partial charge in [-0.25, -0.2) is 17.6 Å². The average Bonchev–Trinajstić information content (AvgIpc) is 3.76. The number of aldehydes is 1. The molecule has 6 atom stereocenters. The van der Waals surface area contributed by atoms with Gasteiger partial charge < -0.3 is 29.1 Å². The fourth-order valence-corrected chi connectivity index (χ4v) is 94.5. The molecule has 0 saturated carbocycles. The Morgan fingerprint density at radius 3 is 1.96 bits per heavy atom. The van der Waals surface area contributed by atoms with Crippen LogP contribution < -0.4 is 10.1 Å². The van der Waals surface area contributed by atoms with Crippen LogP contribution in [0.4, 0.5) is 22.4 Å². The number of alkyl carbamates (subject to hydrolysis) is 1. The Bertz CT molecular complexity index is 2600. The summed E-state index contributed by atoms with van der Waals surface area (Å²) in [7, 11) is 15.2. The summed E-state index contributed by atoms with van der Waals surface area (Å²) < 4.78 is 93.5. The minimum Gasteiger partial charge on any atom is -0.496 e. The van der Waals surface area contributed by atoms with Gasteiger partial charge in [-0.3, -0.25) is 9.59 Å². The Hall–Kier alpha value is 0.00000000000000255. The van der Waals surface area contributed by atoms with E-state index in [0.29, 0.717) is 11.9 Å². The number of rotatable bonds is 13. The molecule has 1 amide bonds. The standard InChI is InChI=1S/C13H18BrNO3.C12H10O.C11H12BrFO5S.C6H4BrF3O.H12P10/c1-13(2,3)18-12(16)15-8-9-5-6-10(14)7-11(9)17-4;1-9-6-7-10-4-2-3-5-11(10)12(9)8-13;1-2-18-11(15)6-19(16,17)10-4-7(12)3-9(13)8(10)5-14;7-3-4-1-2-5(11-4)6(8,9)10;1-7(2)10(8(3)4)9(5)6/h5-7H,8H2,1-4H3,(H,15,16);2-8H,1H3;3-4,14H,2,5-6H2,1H3;1-2H,3H2;1-6H2. The summed E-state index contributed by atoms with van der Waals surface area (Å²) in [5, 5.41) is 14.2. The molecule has 0 fully saturated rings. The first-order valence-electron chi connectivity index (χ1n) is 20.1. The number of alkyl halides is 4. The van der Waals surface area contributed by atoms with Gasteiger partial charge in [-0.2, -0.15) is 13.2 Å². The number of aryl methyl sites for hydroxylation is 1. The number of ether oxygens (including phenoxy) is 3. The molecule has 6 unspecified atom stereocenters. The molecular weight excluding hydrogens is 1340 g/mol. The monoisotopic (exact) mass is 1390 g/mol. The largest absolute Gasteiger partial charge is 0.496 e. The number of benzene rings is 4. The van der Waals surface area contributed by atoms with E-state index in [2.05, 4.69) is 116 Å². The second kappa shape index (κ2) is 34.0. The SMILES string of the molecule is CCOC(=O)CS(=O)(=O)c1cc(Br)cc(F)c1CO.COc1cc(Br)ccc1CNC(=O)OC(C)(C)C.Cc1ccc2ccccc2c1C=O.FC(F)(F)c1ccc(CBr)o1.PP(P)P(P(P)P)P(P)P. The summed E-state index contributed by atoms with van der Waals surface area (Å²) in [4.78, 5) is 33.2. The number of halogens is 7. The van der Waals surface area contributed by atoms with Crippen molar-refractivity contribution in [3.05, 3.63) is 127 Å². The normalized spacial score (nSPS) is 11.3. The molecule has 5 rings (SSSR count). The van der Waals surface area contributed by atoms with Crippen LogP contribution in [0.3, 0.4) is 0 Å². The summed E-state index contributed by atoms with van der Waals surface area (Å²) in [5.41, 5.74) is 1.87. The van der Waals surface area contributed by atoms with Crippen LogP contribution in [0.5, 0.6) is 5.75 Å². The molecule has 1 heterocycles. The zero-order chi connectivity index (χ0) is 54.4. The highest BCUT2D eigenvalue weighted by atomic mass is 79.9. The first kappa shape index (κ1) is 69.0. The topological polar surface area (TPSA) is 158 Å². The van der Waals surface area contributed by atoms with Crippen LogP contribution in [-0.4, -0.2) is 56.9 Å². The van der Waals surface area contributed by atoms with E-state index in [1.807, 2.05) is 82.3 Å². The molecule has 4 aromatic carbocycles. The van der Waals surface area contributed by atoms with Gasteiger partial charge in [-0.15, -0.1) is 53.6 Å². The summed E-state index contributed by atoms with van der Waals surface area (Å²) in [6, 6.07) is 22.0. The van der Waals surface area contributed by atoms with Crippen molar-refractivity contribution in [1.82, 2.24) is 5.32 Å². The van der Waals surface area contributed by atoms with Crippen LogP contribution in [0, 0.1) is 12.7 Å². The maximum atomic E-state index is 13.6. The molecular formula is C42H56Br3F4NO10P10S. The van der Waals surface area contributed by atoms with E-state index in [-0.39, 0.29) is 50.4 Å². The quantitative estimate of drug-likeness (QED) is 0.0382. The van der Waals surface area contributed by atoms with Gasteiger partial charge >= 0.3 is 18.2 Å². The highest BCUT2D eigenvalue weighted by Crippen LogP contribution is 3.10. The lowest BCUT2D eigenvalue weighted by molar-refractivity contribution is -0.153. The zero-order valence-electron chi connectivity index (χ0n) is 39.0. The van der Waals surface area contributed by atoms with Gasteiger partial charge in [0.1, 0.15) is 22.9 Å². The molecule has 0 radical (unpaired) electrons. The number of hydrogen-bond acceptors (Lipinski definition) is 10. The lowest BCUT2D eigenvalue weighted by Gasteiger charge is -2.27. The predicted octanol–water partition coefficient (Wildman–Crippen LogP) is 16.5. The Kier molecular flexibility index (Phi) is 33.1. The predicted molar refractivity (Wildman–Crippen MR) is 319 cm³/mol. The average molecular weight is 1390 g/mol. The van der Waals surface area contributed by atoms with Gasteiger partial charge in [0.25, 0.3) is 0 Å². The maximum absolute atomic E-state index is 13.6. The third-order valence-corrected chi connectivity index (χ3v) is 61.0. The number of hydrogen-bond donors (Lipinski definition) is 2. The van der Waals surface area contributed by atoms with Gasteiger partial charge in [-0.05, 0) is 115 Å². The minimum atomic E-state index is -4.37. The summed E-state index contributed by atoms with van der Waals surface area (Å²) >= 11 is 9.30. The van der Waals surface area contributed by atoms with Crippen molar-refractivity contribution in [3.63, 3.8) is 0 Å². The van der Waals surface area contributed by atoms with E-state index in [1.54, 1.807) is 14.0 Å². The number of sulfone groups is 1. The molecule has 394 valence electrons. The molecule has 5 aromatic rings. The van der Waals surface area contributed by atoms with Crippen LogP contribution in [0.2, 0.25) is 0 Å². The van der Waals surface area contributed by atoms with E-state index in [4.69, 9.17) is 14.6 Å². The zero-order valence-corrected chi connectivity index (χ0v) is 55.1. The number of carbonyl (C=O) groups is 3. The van der Waals surface area contributed by atoms with Crippen molar-refractivity contribution in [1.29, 1.82) is 0 Å². The summed E-state index contributed by atoms with van der Waals surface area (Å²) in [6.07, 6.45) is -3.88. The molecule has 71 heavy (non-hydrogen) atoms. The Morgan fingerprint density at radius 2 is 1.49 bits per heavy atom. The Labute approximate surface area is 456 Å². The number of amides is 1. The van der Waals surface area contributed by atoms with Crippen LogP contribution in [0.15, 0.2) is 97.1 Å².